The minimum Gasteiger partial charge on any atom is -0.238 e. The summed E-state index contributed by atoms with van der Waals surface area (Å²) in [5.41, 5.74) is 0.459. The van der Waals surface area contributed by atoms with Crippen molar-refractivity contribution in [2.45, 2.75) is 18.2 Å². The van der Waals surface area contributed by atoms with Crippen LogP contribution in [-0.2, 0) is 9.84 Å². The quantitative estimate of drug-likeness (QED) is 0.717. The highest BCUT2D eigenvalue weighted by Gasteiger charge is 2.11. The third kappa shape index (κ3) is 2.33. The lowest BCUT2D eigenvalue weighted by molar-refractivity contribution is 0.595. The van der Waals surface area contributed by atoms with E-state index in [0.717, 1.165) is 0 Å². The summed E-state index contributed by atoms with van der Waals surface area (Å²) in [4.78, 5) is 3.49. The summed E-state index contributed by atoms with van der Waals surface area (Å²) in [6.07, 6.45) is 0.604. The number of sulfone groups is 1. The number of benzene rings is 1. The Bertz CT molecular complexity index is 440. The molecule has 0 saturated carbocycles. The van der Waals surface area contributed by atoms with Crippen LogP contribution in [0.15, 0.2) is 29.2 Å². The first kappa shape index (κ1) is 10.7. The van der Waals surface area contributed by atoms with E-state index in [0.29, 0.717) is 17.0 Å². The normalized spacial score (nSPS) is 10.9. The molecule has 0 heterocycles. The predicted octanol–water partition coefficient (Wildman–Crippen LogP) is 2.42. The first-order valence-corrected chi connectivity index (χ1v) is 5.95. The third-order valence-corrected chi connectivity index (χ3v) is 3.73. The molecule has 14 heavy (non-hydrogen) atoms. The highest BCUT2D eigenvalue weighted by Crippen LogP contribution is 2.17. The molecule has 3 nitrogen and oxygen atoms in total. The third-order valence-electron chi connectivity index (χ3n) is 1.80. The van der Waals surface area contributed by atoms with Crippen molar-refractivity contribution in [3.63, 3.8) is 0 Å². The van der Waals surface area contributed by atoms with Crippen LogP contribution in [0.4, 0.5) is 5.69 Å². The van der Waals surface area contributed by atoms with Crippen LogP contribution >= 0.6 is 0 Å². The van der Waals surface area contributed by atoms with Gasteiger partial charge in [-0.1, -0.05) is 31.2 Å². The number of hydrogen-bond donors (Lipinski definition) is 0. The van der Waals surface area contributed by atoms with Crippen molar-refractivity contribution >= 4 is 15.5 Å². The Kier molecular flexibility index (Phi) is 3.26. The standard InChI is InChI=1S/C10H11NO2S/c1-3-8-14(12,13)10-6-4-9(11-2)5-7-10/h4-7H,3,8H2,1H3. The second kappa shape index (κ2) is 4.25. The fraction of sp³-hybridized carbons (Fsp3) is 0.300. The first-order valence-electron chi connectivity index (χ1n) is 4.30. The monoisotopic (exact) mass is 209 g/mol. The van der Waals surface area contributed by atoms with Gasteiger partial charge in [0.1, 0.15) is 0 Å². The average Bonchev–Trinajstić information content (AvgIpc) is 2.18. The van der Waals surface area contributed by atoms with Gasteiger partial charge in [-0.25, -0.2) is 13.3 Å². The van der Waals surface area contributed by atoms with E-state index in [-0.39, 0.29) is 5.75 Å². The van der Waals surface area contributed by atoms with Gasteiger partial charge in [0.15, 0.2) is 15.5 Å². The zero-order chi connectivity index (χ0) is 10.6. The van der Waals surface area contributed by atoms with Crippen LogP contribution in [0.25, 0.3) is 4.85 Å². The average molecular weight is 209 g/mol. The lowest BCUT2D eigenvalue weighted by Crippen LogP contribution is -2.05. The molecule has 0 aliphatic rings. The molecule has 0 aliphatic carbocycles. The SMILES string of the molecule is [C-]#[N+]c1ccc(S(=O)(=O)CCC)cc1. The van der Waals surface area contributed by atoms with Crippen molar-refractivity contribution in [1.29, 1.82) is 0 Å². The maximum Gasteiger partial charge on any atom is 0.187 e. The van der Waals surface area contributed by atoms with Gasteiger partial charge < -0.3 is 0 Å². The molecule has 0 atom stereocenters. The predicted molar refractivity (Wildman–Crippen MR) is 55.0 cm³/mol. The zero-order valence-corrected chi connectivity index (χ0v) is 8.71. The molecule has 1 aromatic carbocycles. The lowest BCUT2D eigenvalue weighted by Gasteiger charge is -2.01. The molecular formula is C10H11NO2S. The van der Waals surface area contributed by atoms with Gasteiger partial charge in [0.25, 0.3) is 0 Å². The largest absolute Gasteiger partial charge is 0.238 e. The summed E-state index contributed by atoms with van der Waals surface area (Å²) in [7, 11) is -3.14. The highest BCUT2D eigenvalue weighted by molar-refractivity contribution is 7.91. The Labute approximate surface area is 84.1 Å². The van der Waals surface area contributed by atoms with Gasteiger partial charge in [-0.05, 0) is 6.42 Å². The molecule has 0 radical (unpaired) electrons. The van der Waals surface area contributed by atoms with Crippen LogP contribution in [-0.4, -0.2) is 14.2 Å². The molecule has 0 N–H and O–H groups in total. The van der Waals surface area contributed by atoms with Gasteiger partial charge >= 0.3 is 0 Å². The van der Waals surface area contributed by atoms with Crippen molar-refractivity contribution in [1.82, 2.24) is 0 Å². The molecule has 1 rings (SSSR count). The Morgan fingerprint density at radius 2 is 1.86 bits per heavy atom. The van der Waals surface area contributed by atoms with Crippen molar-refractivity contribution in [2.75, 3.05) is 5.75 Å². The number of rotatable bonds is 3. The van der Waals surface area contributed by atoms with Gasteiger partial charge in [0, 0.05) is 0 Å². The van der Waals surface area contributed by atoms with Crippen molar-refractivity contribution in [2.24, 2.45) is 0 Å². The van der Waals surface area contributed by atoms with Crippen LogP contribution in [0, 0.1) is 6.57 Å². The molecule has 4 heteroatoms. The topological polar surface area (TPSA) is 38.5 Å². The summed E-state index contributed by atoms with van der Waals surface area (Å²) < 4.78 is 23.1. The fourth-order valence-corrected chi connectivity index (χ4v) is 2.44. The Morgan fingerprint density at radius 1 is 1.29 bits per heavy atom. The Balaban J connectivity index is 3.05. The summed E-state index contributed by atoms with van der Waals surface area (Å²) in [5.74, 6) is 0.157. The Morgan fingerprint density at radius 3 is 2.29 bits per heavy atom. The minimum absolute atomic E-state index is 0.157. The van der Waals surface area contributed by atoms with E-state index >= 15 is 0 Å². The number of hydrogen-bond acceptors (Lipinski definition) is 2. The summed E-state index contributed by atoms with van der Waals surface area (Å²) in [6, 6.07) is 6.02. The van der Waals surface area contributed by atoms with E-state index in [1.165, 1.54) is 24.3 Å². The van der Waals surface area contributed by atoms with Gasteiger partial charge in [-0.3, -0.25) is 0 Å². The van der Waals surface area contributed by atoms with Crippen molar-refractivity contribution in [3.8, 4) is 0 Å². The fourth-order valence-electron chi connectivity index (χ4n) is 1.11. The van der Waals surface area contributed by atoms with Crippen LogP contribution in [0.2, 0.25) is 0 Å². The summed E-state index contributed by atoms with van der Waals surface area (Å²) in [6.45, 7) is 8.55. The van der Waals surface area contributed by atoms with E-state index in [9.17, 15) is 8.42 Å². The first-order chi connectivity index (χ1) is 6.60. The molecule has 1 aromatic rings. The number of nitrogens with zero attached hydrogens (tertiary/aromatic N) is 1. The highest BCUT2D eigenvalue weighted by atomic mass is 32.2. The van der Waals surface area contributed by atoms with Crippen LogP contribution in [0.5, 0.6) is 0 Å². The van der Waals surface area contributed by atoms with Gasteiger partial charge in [0.05, 0.1) is 17.2 Å². The maximum absolute atomic E-state index is 11.6. The van der Waals surface area contributed by atoms with Crippen molar-refractivity contribution < 1.29 is 8.42 Å². The van der Waals surface area contributed by atoms with Gasteiger partial charge in [-0.15, -0.1) is 0 Å². The lowest BCUT2D eigenvalue weighted by atomic mass is 10.3. The van der Waals surface area contributed by atoms with Crippen LogP contribution < -0.4 is 0 Å². The van der Waals surface area contributed by atoms with Crippen LogP contribution in [0.1, 0.15) is 13.3 Å². The molecule has 0 saturated heterocycles. The molecular weight excluding hydrogens is 198 g/mol. The van der Waals surface area contributed by atoms with E-state index < -0.39 is 9.84 Å². The molecule has 0 bridgehead atoms. The summed E-state index contributed by atoms with van der Waals surface area (Å²) >= 11 is 0. The molecule has 0 spiro atoms. The second-order valence-electron chi connectivity index (χ2n) is 2.92. The van der Waals surface area contributed by atoms with Gasteiger partial charge in [-0.2, -0.15) is 0 Å². The van der Waals surface area contributed by atoms with Crippen LogP contribution in [0.3, 0.4) is 0 Å². The smallest absolute Gasteiger partial charge is 0.187 e. The Hall–Kier alpha value is -1.34. The molecule has 0 fully saturated rings. The summed E-state index contributed by atoms with van der Waals surface area (Å²) in [5, 5.41) is 0. The van der Waals surface area contributed by atoms with E-state index in [4.69, 9.17) is 6.57 Å². The molecule has 0 amide bonds. The second-order valence-corrected chi connectivity index (χ2v) is 5.03. The molecule has 0 aromatic heterocycles. The van der Waals surface area contributed by atoms with Crippen molar-refractivity contribution in [3.05, 3.63) is 35.7 Å². The minimum atomic E-state index is -3.14. The van der Waals surface area contributed by atoms with Gasteiger partial charge in [0.2, 0.25) is 0 Å². The molecule has 0 aliphatic heterocycles. The van der Waals surface area contributed by atoms with E-state index in [2.05, 4.69) is 4.85 Å². The molecule has 74 valence electrons. The van der Waals surface area contributed by atoms with E-state index in [1.807, 2.05) is 6.92 Å². The maximum atomic E-state index is 11.6. The van der Waals surface area contributed by atoms with E-state index in [1.54, 1.807) is 0 Å². The molecule has 0 unspecified atom stereocenters. The zero-order valence-electron chi connectivity index (χ0n) is 7.90.